The van der Waals surface area contributed by atoms with Crippen molar-refractivity contribution in [1.29, 1.82) is 0 Å². The Morgan fingerprint density at radius 2 is 1.77 bits per heavy atom. The smallest absolute Gasteiger partial charge is 0.416 e. The molecule has 140 valence electrons. The van der Waals surface area contributed by atoms with Crippen molar-refractivity contribution in [3.05, 3.63) is 46.7 Å². The van der Waals surface area contributed by atoms with Crippen LogP contribution in [0.3, 0.4) is 0 Å². The predicted octanol–water partition coefficient (Wildman–Crippen LogP) is 3.50. The molecule has 0 N–H and O–H groups in total. The number of methoxy groups -OCH3 is 2. The maximum Gasteiger partial charge on any atom is 0.416 e. The molecule has 26 heavy (non-hydrogen) atoms. The summed E-state index contributed by atoms with van der Waals surface area (Å²) < 4.78 is 48.9. The largest absolute Gasteiger partial charge is 0.468 e. The van der Waals surface area contributed by atoms with Gasteiger partial charge in [-0.3, -0.25) is 9.79 Å². The number of ether oxygens (including phenoxy) is 2. The van der Waals surface area contributed by atoms with Crippen LogP contribution in [0.4, 0.5) is 13.2 Å². The molecule has 0 aromatic heterocycles. The van der Waals surface area contributed by atoms with Gasteiger partial charge in [0.15, 0.2) is 0 Å². The van der Waals surface area contributed by atoms with Gasteiger partial charge in [0.1, 0.15) is 5.92 Å². The maximum atomic E-state index is 13.1. The van der Waals surface area contributed by atoms with Crippen molar-refractivity contribution in [2.75, 3.05) is 14.2 Å². The number of benzene rings is 1. The highest BCUT2D eigenvalue weighted by atomic mass is 19.4. The van der Waals surface area contributed by atoms with Crippen LogP contribution in [-0.2, 0) is 25.2 Å². The number of alkyl halides is 3. The average molecular weight is 369 g/mol. The van der Waals surface area contributed by atoms with Gasteiger partial charge < -0.3 is 9.47 Å². The van der Waals surface area contributed by atoms with Crippen molar-refractivity contribution in [2.24, 2.45) is 10.9 Å². The van der Waals surface area contributed by atoms with Crippen molar-refractivity contribution < 1.29 is 32.2 Å². The molecule has 1 aromatic carbocycles. The van der Waals surface area contributed by atoms with E-state index in [4.69, 9.17) is 9.47 Å². The zero-order chi connectivity index (χ0) is 19.6. The molecule has 0 aliphatic carbocycles. The van der Waals surface area contributed by atoms with Crippen LogP contribution in [-0.4, -0.2) is 31.9 Å². The molecule has 1 aliphatic rings. The molecule has 5 nitrogen and oxygen atoms in total. The molecule has 8 heteroatoms. The van der Waals surface area contributed by atoms with E-state index >= 15 is 0 Å². The Morgan fingerprint density at radius 1 is 1.12 bits per heavy atom. The van der Waals surface area contributed by atoms with Gasteiger partial charge in [-0.1, -0.05) is 18.2 Å². The fraction of sp³-hybridized carbons (Fsp3) is 0.389. The summed E-state index contributed by atoms with van der Waals surface area (Å²) in [6.45, 7) is 3.11. The van der Waals surface area contributed by atoms with Gasteiger partial charge in [-0.2, -0.15) is 13.2 Å². The van der Waals surface area contributed by atoms with E-state index in [-0.39, 0.29) is 16.8 Å². The van der Waals surface area contributed by atoms with Gasteiger partial charge in [-0.15, -0.1) is 0 Å². The first-order chi connectivity index (χ1) is 12.1. The summed E-state index contributed by atoms with van der Waals surface area (Å²) in [7, 11) is 2.33. The third kappa shape index (κ3) is 3.63. The Morgan fingerprint density at radius 3 is 2.31 bits per heavy atom. The molecule has 2 unspecified atom stereocenters. The second-order valence-corrected chi connectivity index (χ2v) is 5.85. The zero-order valence-electron chi connectivity index (χ0n) is 14.7. The van der Waals surface area contributed by atoms with Gasteiger partial charge in [0.25, 0.3) is 0 Å². The average Bonchev–Trinajstić information content (AvgIpc) is 2.59. The van der Waals surface area contributed by atoms with Crippen LogP contribution in [0.25, 0.3) is 0 Å². The zero-order valence-corrected chi connectivity index (χ0v) is 14.7. The number of hydrogen-bond donors (Lipinski definition) is 0. The van der Waals surface area contributed by atoms with Crippen molar-refractivity contribution in [3.8, 4) is 0 Å². The Bertz CT molecular complexity index is 796. The van der Waals surface area contributed by atoms with Crippen molar-refractivity contribution in [3.63, 3.8) is 0 Å². The molecule has 0 saturated carbocycles. The fourth-order valence-corrected chi connectivity index (χ4v) is 3.11. The van der Waals surface area contributed by atoms with Gasteiger partial charge in [0.2, 0.25) is 0 Å². The quantitative estimate of drug-likeness (QED) is 0.765. The molecule has 0 saturated heterocycles. The van der Waals surface area contributed by atoms with Crippen LogP contribution >= 0.6 is 0 Å². The van der Waals surface area contributed by atoms with E-state index in [0.717, 1.165) is 19.2 Å². The molecule has 1 aromatic rings. The Kier molecular flexibility index (Phi) is 5.53. The SMILES string of the molecule is COC(=O)C1=C(C)N=C(C)C(C(=O)OC)C1c1cccc(C(F)(F)F)c1. The highest BCUT2D eigenvalue weighted by Crippen LogP contribution is 2.41. The number of esters is 2. The topological polar surface area (TPSA) is 65.0 Å². The van der Waals surface area contributed by atoms with Crippen molar-refractivity contribution in [2.45, 2.75) is 25.9 Å². The molecule has 2 rings (SSSR count). The molecule has 0 radical (unpaired) electrons. The lowest BCUT2D eigenvalue weighted by atomic mass is 9.75. The van der Waals surface area contributed by atoms with E-state index < -0.39 is 35.5 Å². The highest BCUT2D eigenvalue weighted by molar-refractivity contribution is 6.06. The lowest BCUT2D eigenvalue weighted by Gasteiger charge is -2.31. The number of halogens is 3. The minimum atomic E-state index is -4.56. The number of aliphatic imine (C=N–C) groups is 1. The first-order valence-electron chi connectivity index (χ1n) is 7.71. The van der Waals surface area contributed by atoms with E-state index in [0.29, 0.717) is 5.71 Å². The van der Waals surface area contributed by atoms with Crippen molar-refractivity contribution >= 4 is 17.7 Å². The Labute approximate surface area is 148 Å². The Balaban J connectivity index is 2.71. The molecule has 0 fully saturated rings. The Hall–Kier alpha value is -2.64. The lowest BCUT2D eigenvalue weighted by molar-refractivity contribution is -0.143. The predicted molar refractivity (Wildman–Crippen MR) is 87.5 cm³/mol. The minimum Gasteiger partial charge on any atom is -0.468 e. The molecule has 0 amide bonds. The third-order valence-electron chi connectivity index (χ3n) is 4.26. The summed E-state index contributed by atoms with van der Waals surface area (Å²) in [6, 6.07) is 4.52. The van der Waals surface area contributed by atoms with Gasteiger partial charge in [-0.25, -0.2) is 4.79 Å². The first kappa shape index (κ1) is 19.7. The van der Waals surface area contributed by atoms with E-state index in [9.17, 15) is 22.8 Å². The third-order valence-corrected chi connectivity index (χ3v) is 4.26. The fourth-order valence-electron chi connectivity index (χ4n) is 3.11. The number of allylic oxidation sites excluding steroid dienone is 1. The molecule has 2 atom stereocenters. The maximum absolute atomic E-state index is 13.1. The van der Waals surface area contributed by atoms with Crippen LogP contribution in [0, 0.1) is 5.92 Å². The van der Waals surface area contributed by atoms with Gasteiger partial charge in [-0.05, 0) is 25.5 Å². The van der Waals surface area contributed by atoms with Gasteiger partial charge >= 0.3 is 18.1 Å². The summed E-state index contributed by atoms with van der Waals surface area (Å²) in [4.78, 5) is 28.8. The first-order valence-corrected chi connectivity index (χ1v) is 7.71. The van der Waals surface area contributed by atoms with Crippen LogP contribution in [0.5, 0.6) is 0 Å². The molecule has 0 bridgehead atoms. The van der Waals surface area contributed by atoms with E-state index in [1.54, 1.807) is 13.8 Å². The molecular weight excluding hydrogens is 351 g/mol. The standard InChI is InChI=1S/C18H18F3NO4/c1-9-13(16(23)25-3)15(14(10(2)22-9)17(24)26-4)11-6-5-7-12(8-11)18(19,20)21/h5-8,13,15H,1-4H3. The number of hydrogen-bond acceptors (Lipinski definition) is 5. The second kappa shape index (κ2) is 7.31. The van der Waals surface area contributed by atoms with Crippen LogP contribution in [0.1, 0.15) is 30.9 Å². The number of rotatable bonds is 3. The summed E-state index contributed by atoms with van der Waals surface area (Å²) in [5.41, 5.74) is -0.0426. The van der Waals surface area contributed by atoms with Gasteiger partial charge in [0, 0.05) is 17.3 Å². The summed E-state index contributed by atoms with van der Waals surface area (Å²) in [5.74, 6) is -3.46. The lowest BCUT2D eigenvalue weighted by Crippen LogP contribution is -2.36. The second-order valence-electron chi connectivity index (χ2n) is 5.85. The summed E-state index contributed by atoms with van der Waals surface area (Å²) in [6.07, 6.45) is -4.56. The summed E-state index contributed by atoms with van der Waals surface area (Å²) >= 11 is 0. The van der Waals surface area contributed by atoms with Crippen LogP contribution < -0.4 is 0 Å². The monoisotopic (exact) mass is 369 g/mol. The van der Waals surface area contributed by atoms with E-state index in [2.05, 4.69) is 4.99 Å². The molecular formula is C18H18F3NO4. The van der Waals surface area contributed by atoms with Crippen molar-refractivity contribution in [1.82, 2.24) is 0 Å². The molecule has 1 aliphatic heterocycles. The molecule has 0 spiro atoms. The number of carbonyl (C=O) groups is 2. The van der Waals surface area contributed by atoms with E-state index in [1.807, 2.05) is 0 Å². The number of nitrogens with zero attached hydrogens (tertiary/aromatic N) is 1. The normalized spacial score (nSPS) is 20.5. The van der Waals surface area contributed by atoms with Crippen LogP contribution in [0.2, 0.25) is 0 Å². The minimum absolute atomic E-state index is 0.0350. The van der Waals surface area contributed by atoms with E-state index in [1.165, 1.54) is 19.2 Å². The van der Waals surface area contributed by atoms with Gasteiger partial charge in [0.05, 0.1) is 25.4 Å². The number of carbonyl (C=O) groups excluding carboxylic acids is 2. The van der Waals surface area contributed by atoms with Crippen LogP contribution in [0.15, 0.2) is 40.5 Å². The highest BCUT2D eigenvalue weighted by Gasteiger charge is 2.42. The summed E-state index contributed by atoms with van der Waals surface area (Å²) in [5, 5.41) is 0. The molecule has 1 heterocycles.